The van der Waals surface area contributed by atoms with E-state index in [2.05, 4.69) is 93.9 Å². The van der Waals surface area contributed by atoms with E-state index in [-0.39, 0.29) is 0 Å². The molecule has 7 heteroatoms. The zero-order valence-corrected chi connectivity index (χ0v) is 22.0. The standard InChI is InChI=1S/C29H34N6S/c1-5-34(20-23(2)31-4)28-12-9-25-13-16-33(21-26(25)18-28)22-36-29(19-30-3)17-24-7-10-27(11-8-24)35-15-6-14-32-35/h6-12,14-15,18-20H,3-5,13,16-17,21-22H2,1-2H3/b23-20-,29-19-. The Morgan fingerprint density at radius 3 is 2.69 bits per heavy atom. The van der Waals surface area contributed by atoms with E-state index in [0.717, 1.165) is 49.7 Å². The number of nitrogens with zero attached hydrogens (tertiary/aromatic N) is 6. The molecule has 0 spiro atoms. The van der Waals surface area contributed by atoms with Crippen LogP contribution in [-0.4, -0.2) is 47.1 Å². The van der Waals surface area contributed by atoms with Crippen LogP contribution in [0.1, 0.15) is 30.5 Å². The summed E-state index contributed by atoms with van der Waals surface area (Å²) in [7, 11) is 0. The van der Waals surface area contributed by atoms with Crippen LogP contribution in [0.4, 0.5) is 5.69 Å². The van der Waals surface area contributed by atoms with Crippen LogP contribution in [0.25, 0.3) is 5.69 Å². The number of hydrogen-bond acceptors (Lipinski definition) is 6. The van der Waals surface area contributed by atoms with Crippen LogP contribution in [0, 0.1) is 0 Å². The molecule has 1 aliphatic rings. The lowest BCUT2D eigenvalue weighted by Crippen LogP contribution is -2.30. The number of fused-ring (bicyclic) bond motifs is 1. The predicted octanol–water partition coefficient (Wildman–Crippen LogP) is 6.09. The average Bonchev–Trinajstić information content (AvgIpc) is 3.45. The summed E-state index contributed by atoms with van der Waals surface area (Å²) in [6.07, 6.45) is 9.60. The van der Waals surface area contributed by atoms with E-state index in [1.54, 1.807) is 6.20 Å². The summed E-state index contributed by atoms with van der Waals surface area (Å²) in [5, 5.41) is 4.30. The topological polar surface area (TPSA) is 49.0 Å². The summed E-state index contributed by atoms with van der Waals surface area (Å²) >= 11 is 1.85. The molecule has 0 N–H and O–H groups in total. The molecule has 36 heavy (non-hydrogen) atoms. The third-order valence-corrected chi connectivity index (χ3v) is 7.41. The Hall–Kier alpha value is -3.42. The first-order valence-electron chi connectivity index (χ1n) is 12.2. The fourth-order valence-corrected chi connectivity index (χ4v) is 5.29. The Morgan fingerprint density at radius 2 is 2.00 bits per heavy atom. The zero-order chi connectivity index (χ0) is 25.3. The molecule has 0 amide bonds. The molecule has 0 saturated carbocycles. The van der Waals surface area contributed by atoms with Gasteiger partial charge in [0.05, 0.1) is 11.4 Å². The van der Waals surface area contributed by atoms with E-state index in [1.807, 2.05) is 41.8 Å². The molecule has 0 fully saturated rings. The second-order valence-electron chi connectivity index (χ2n) is 8.82. The van der Waals surface area contributed by atoms with Crippen LogP contribution in [-0.2, 0) is 19.4 Å². The molecular weight excluding hydrogens is 464 g/mol. The molecule has 0 bridgehead atoms. The molecule has 0 atom stereocenters. The van der Waals surface area contributed by atoms with Crippen molar-refractivity contribution < 1.29 is 0 Å². The zero-order valence-electron chi connectivity index (χ0n) is 21.2. The minimum absolute atomic E-state index is 0.839. The minimum Gasteiger partial charge on any atom is -0.346 e. The van der Waals surface area contributed by atoms with Crippen LogP contribution >= 0.6 is 11.8 Å². The van der Waals surface area contributed by atoms with E-state index in [4.69, 9.17) is 0 Å². The third-order valence-electron chi connectivity index (χ3n) is 6.30. The lowest BCUT2D eigenvalue weighted by atomic mass is 9.99. The number of rotatable bonds is 11. The molecule has 3 aromatic rings. The first-order chi connectivity index (χ1) is 17.6. The van der Waals surface area contributed by atoms with Crippen LogP contribution in [0.3, 0.4) is 0 Å². The number of hydrogen-bond donors (Lipinski definition) is 0. The Bertz CT molecular complexity index is 1230. The molecule has 0 saturated heterocycles. The van der Waals surface area contributed by atoms with Gasteiger partial charge in [0.15, 0.2) is 0 Å². The molecular formula is C29H34N6S. The fraction of sp³-hybridized carbons (Fsp3) is 0.276. The number of allylic oxidation sites excluding steroid dienone is 2. The largest absolute Gasteiger partial charge is 0.346 e. The van der Waals surface area contributed by atoms with Gasteiger partial charge in [0, 0.05) is 67.3 Å². The Kier molecular flexibility index (Phi) is 8.92. The Balaban J connectivity index is 1.38. The van der Waals surface area contributed by atoms with Crippen LogP contribution < -0.4 is 4.90 Å². The molecule has 0 radical (unpaired) electrons. The molecule has 2 heterocycles. The predicted molar refractivity (Wildman–Crippen MR) is 154 cm³/mol. The van der Waals surface area contributed by atoms with Crippen molar-refractivity contribution in [1.29, 1.82) is 0 Å². The average molecular weight is 499 g/mol. The SMILES string of the molecule is C=N/C=C(/Cc1ccc(-n2cccn2)cc1)SCN1CCc2ccc(N(/C=C(/C)N=C)CC)cc2C1. The highest BCUT2D eigenvalue weighted by Gasteiger charge is 2.18. The lowest BCUT2D eigenvalue weighted by Gasteiger charge is -2.30. The van der Waals surface area contributed by atoms with Crippen molar-refractivity contribution in [2.24, 2.45) is 9.98 Å². The normalized spacial score (nSPS) is 14.4. The first kappa shape index (κ1) is 25.7. The minimum atomic E-state index is 0.839. The van der Waals surface area contributed by atoms with E-state index in [1.165, 1.54) is 27.3 Å². The van der Waals surface area contributed by atoms with Gasteiger partial charge in [-0.15, -0.1) is 11.8 Å². The molecule has 0 aliphatic carbocycles. The van der Waals surface area contributed by atoms with E-state index in [9.17, 15) is 0 Å². The summed E-state index contributed by atoms with van der Waals surface area (Å²) in [5.74, 6) is 0.924. The lowest BCUT2D eigenvalue weighted by molar-refractivity contribution is 0.300. The Morgan fingerprint density at radius 1 is 1.17 bits per heavy atom. The number of aliphatic imine (C=N–C) groups is 2. The van der Waals surface area contributed by atoms with Gasteiger partial charge in [0.25, 0.3) is 0 Å². The number of benzene rings is 2. The summed E-state index contributed by atoms with van der Waals surface area (Å²) in [6.45, 7) is 14.4. The van der Waals surface area contributed by atoms with Crippen LogP contribution in [0.15, 0.2) is 93.9 Å². The van der Waals surface area contributed by atoms with Crippen LogP contribution in [0.2, 0.25) is 0 Å². The molecule has 0 unspecified atom stereocenters. The van der Waals surface area contributed by atoms with Gasteiger partial charge in [-0.1, -0.05) is 18.2 Å². The van der Waals surface area contributed by atoms with Crippen molar-refractivity contribution in [3.63, 3.8) is 0 Å². The number of thioether (sulfide) groups is 1. The summed E-state index contributed by atoms with van der Waals surface area (Å²) in [6, 6.07) is 17.3. The van der Waals surface area contributed by atoms with E-state index in [0.29, 0.717) is 0 Å². The van der Waals surface area contributed by atoms with Gasteiger partial charge in [-0.05, 0) is 80.7 Å². The van der Waals surface area contributed by atoms with Gasteiger partial charge >= 0.3 is 0 Å². The molecule has 1 aromatic heterocycles. The van der Waals surface area contributed by atoms with Crippen molar-refractivity contribution in [2.75, 3.05) is 23.9 Å². The van der Waals surface area contributed by atoms with Crippen molar-refractivity contribution in [3.8, 4) is 5.69 Å². The molecule has 186 valence electrons. The maximum absolute atomic E-state index is 4.30. The number of aromatic nitrogens is 2. The van der Waals surface area contributed by atoms with Crippen molar-refractivity contribution in [1.82, 2.24) is 14.7 Å². The van der Waals surface area contributed by atoms with Gasteiger partial charge in [0.1, 0.15) is 0 Å². The van der Waals surface area contributed by atoms with Crippen molar-refractivity contribution >= 4 is 30.9 Å². The maximum atomic E-state index is 4.30. The second kappa shape index (κ2) is 12.5. The molecule has 1 aliphatic heterocycles. The third kappa shape index (κ3) is 6.62. The van der Waals surface area contributed by atoms with Gasteiger partial charge in [-0.3, -0.25) is 14.9 Å². The second-order valence-corrected chi connectivity index (χ2v) is 9.89. The van der Waals surface area contributed by atoms with Gasteiger partial charge in [-0.2, -0.15) is 5.10 Å². The summed E-state index contributed by atoms with van der Waals surface area (Å²) in [5.41, 5.74) is 7.26. The van der Waals surface area contributed by atoms with E-state index < -0.39 is 0 Å². The van der Waals surface area contributed by atoms with Crippen molar-refractivity contribution in [2.45, 2.75) is 33.2 Å². The van der Waals surface area contributed by atoms with E-state index >= 15 is 0 Å². The van der Waals surface area contributed by atoms with Gasteiger partial charge in [-0.25, -0.2) is 4.68 Å². The highest BCUT2D eigenvalue weighted by Crippen LogP contribution is 2.29. The smallest absolute Gasteiger partial charge is 0.0645 e. The first-order valence-corrected chi connectivity index (χ1v) is 13.2. The van der Waals surface area contributed by atoms with Gasteiger partial charge < -0.3 is 4.90 Å². The molecule has 6 nitrogen and oxygen atoms in total. The number of anilines is 1. The Labute approximate surface area is 218 Å². The molecule has 4 rings (SSSR count). The quantitative estimate of drug-likeness (QED) is 0.300. The molecule has 2 aromatic carbocycles. The maximum Gasteiger partial charge on any atom is 0.0645 e. The van der Waals surface area contributed by atoms with Crippen LogP contribution in [0.5, 0.6) is 0 Å². The summed E-state index contributed by atoms with van der Waals surface area (Å²) in [4.78, 5) is 14.1. The monoisotopic (exact) mass is 498 g/mol. The van der Waals surface area contributed by atoms with Crippen molar-refractivity contribution in [3.05, 3.63) is 101 Å². The fourth-order valence-electron chi connectivity index (χ4n) is 4.30. The highest BCUT2D eigenvalue weighted by atomic mass is 32.2. The van der Waals surface area contributed by atoms with Gasteiger partial charge in [0.2, 0.25) is 0 Å². The summed E-state index contributed by atoms with van der Waals surface area (Å²) < 4.78 is 1.87. The highest BCUT2D eigenvalue weighted by molar-refractivity contribution is 8.03.